The highest BCUT2D eigenvalue weighted by Crippen LogP contribution is 2.49. The first-order valence-corrected chi connectivity index (χ1v) is 32.1. The SMILES string of the molecule is CCCCCCCCCCCCCC[C@H](C(=O)O)[C@@H](O[Si](C)(C)C(C)(C)C)[C@H](CO[Si](c1ccccc1)(c1ccccc1)C(C)(C)C)N=P(c1ccccc1)(c1ccccc1)c1ccccc1. The summed E-state index contributed by atoms with van der Waals surface area (Å²) in [6.07, 6.45) is 14.4. The summed E-state index contributed by atoms with van der Waals surface area (Å²) in [4.78, 5) is 14.2. The average molecular weight is 958 g/mol. The zero-order valence-corrected chi connectivity index (χ0v) is 45.5. The normalized spacial score (nSPS) is 14.0. The molecule has 67 heavy (non-hydrogen) atoms. The highest BCUT2D eigenvalue weighted by molar-refractivity contribution is 7.87. The third-order valence-electron chi connectivity index (χ3n) is 14.3. The number of rotatable bonds is 27. The van der Waals surface area contributed by atoms with Gasteiger partial charge < -0.3 is 14.0 Å². The van der Waals surface area contributed by atoms with Crippen LogP contribution >= 0.6 is 7.05 Å². The standard InChI is InChI=1S/C59H84NO4PSi2/c1-10-11-12-13-14-15-16-17-18-19-20-36-47-54(57(61)62)56(64-66(8,9)58(2,3)4)55(48-63-67(59(5,6)7,52-43-32-24-33-44-52)53-45-34-25-35-46-53)60-65(49-37-26-21-27-38-49,50-39-28-22-29-40-50)51-41-30-23-31-42-51/h21-35,37-46,54-56H,10-20,36,47-48H2,1-9H3,(H,61,62)/t54-,55-,56+/m0/s1. The number of nitrogens with zero attached hydrogens (tertiary/aromatic N) is 1. The molecule has 0 heterocycles. The molecule has 0 bridgehead atoms. The molecule has 5 rings (SSSR count). The molecule has 0 aliphatic carbocycles. The third-order valence-corrected chi connectivity index (χ3v) is 27.6. The van der Waals surface area contributed by atoms with Crippen LogP contribution in [0.3, 0.4) is 0 Å². The summed E-state index contributed by atoms with van der Waals surface area (Å²) in [5, 5.41) is 16.8. The van der Waals surface area contributed by atoms with E-state index in [4.69, 9.17) is 13.6 Å². The maximum atomic E-state index is 14.2. The van der Waals surface area contributed by atoms with Gasteiger partial charge in [0.25, 0.3) is 8.32 Å². The Hall–Kier alpha value is -3.85. The van der Waals surface area contributed by atoms with E-state index >= 15 is 0 Å². The molecule has 8 heteroatoms. The number of hydrogen-bond acceptors (Lipinski definition) is 4. The van der Waals surface area contributed by atoms with Gasteiger partial charge in [-0.1, -0.05) is 277 Å². The van der Waals surface area contributed by atoms with Crippen LogP contribution < -0.4 is 26.3 Å². The predicted molar refractivity (Wildman–Crippen MR) is 294 cm³/mol. The topological polar surface area (TPSA) is 68.1 Å². The molecule has 0 aliphatic rings. The fourth-order valence-electron chi connectivity index (χ4n) is 9.55. The number of aliphatic carboxylic acids is 1. The highest BCUT2D eigenvalue weighted by atomic mass is 31.2. The maximum absolute atomic E-state index is 14.2. The van der Waals surface area contributed by atoms with Gasteiger partial charge in [-0.3, -0.25) is 9.54 Å². The second-order valence-electron chi connectivity index (χ2n) is 21.3. The third kappa shape index (κ3) is 14.1. The van der Waals surface area contributed by atoms with Crippen molar-refractivity contribution in [2.75, 3.05) is 6.61 Å². The van der Waals surface area contributed by atoms with Crippen molar-refractivity contribution >= 4 is 55.9 Å². The lowest BCUT2D eigenvalue weighted by atomic mass is 9.91. The van der Waals surface area contributed by atoms with Gasteiger partial charge in [0, 0.05) is 15.9 Å². The molecule has 0 unspecified atom stereocenters. The second-order valence-corrected chi connectivity index (χ2v) is 33.4. The first-order valence-electron chi connectivity index (χ1n) is 25.5. The van der Waals surface area contributed by atoms with Gasteiger partial charge in [-0.2, -0.15) is 0 Å². The average Bonchev–Trinajstić information content (AvgIpc) is 3.32. The van der Waals surface area contributed by atoms with Gasteiger partial charge in [-0.15, -0.1) is 0 Å². The van der Waals surface area contributed by atoms with Crippen molar-refractivity contribution in [2.45, 2.75) is 167 Å². The van der Waals surface area contributed by atoms with E-state index in [0.29, 0.717) is 6.42 Å². The van der Waals surface area contributed by atoms with Crippen LogP contribution in [0.15, 0.2) is 156 Å². The molecule has 0 fully saturated rings. The summed E-state index contributed by atoms with van der Waals surface area (Å²) >= 11 is 0. The molecular weight excluding hydrogens is 874 g/mol. The zero-order valence-electron chi connectivity index (χ0n) is 42.6. The number of benzene rings is 5. The van der Waals surface area contributed by atoms with Crippen LogP contribution in [0.1, 0.15) is 132 Å². The van der Waals surface area contributed by atoms with E-state index in [0.717, 1.165) is 35.2 Å². The van der Waals surface area contributed by atoms with Crippen molar-refractivity contribution in [3.8, 4) is 0 Å². The minimum atomic E-state index is -3.13. The Kier molecular flexibility index (Phi) is 20.7. The molecule has 5 nitrogen and oxygen atoms in total. The zero-order chi connectivity index (χ0) is 48.4. The maximum Gasteiger partial charge on any atom is 0.309 e. The van der Waals surface area contributed by atoms with Crippen LogP contribution in [0, 0.1) is 5.92 Å². The van der Waals surface area contributed by atoms with Gasteiger partial charge in [0.1, 0.15) is 0 Å². The van der Waals surface area contributed by atoms with E-state index in [-0.39, 0.29) is 16.7 Å². The smallest absolute Gasteiger partial charge is 0.309 e. The first-order chi connectivity index (χ1) is 32.1. The quantitative estimate of drug-likeness (QED) is 0.0323. The van der Waals surface area contributed by atoms with Crippen LogP contribution in [0.5, 0.6) is 0 Å². The van der Waals surface area contributed by atoms with Crippen molar-refractivity contribution in [2.24, 2.45) is 10.7 Å². The van der Waals surface area contributed by atoms with Crippen molar-refractivity contribution in [1.29, 1.82) is 0 Å². The van der Waals surface area contributed by atoms with Crippen molar-refractivity contribution in [3.05, 3.63) is 152 Å². The first kappa shape index (κ1) is 54.1. The number of carbonyl (C=O) groups is 1. The number of unbranched alkanes of at least 4 members (excludes halogenated alkanes) is 11. The summed E-state index contributed by atoms with van der Waals surface area (Å²) in [6.45, 7) is 20.6. The predicted octanol–water partition coefficient (Wildman–Crippen LogP) is 14.3. The van der Waals surface area contributed by atoms with Gasteiger partial charge in [-0.05, 0) is 40.0 Å². The lowest BCUT2D eigenvalue weighted by molar-refractivity contribution is -0.146. The van der Waals surface area contributed by atoms with Gasteiger partial charge in [-0.25, -0.2) is 0 Å². The van der Waals surface area contributed by atoms with E-state index in [1.807, 2.05) is 0 Å². The lowest BCUT2D eigenvalue weighted by Gasteiger charge is -2.46. The number of hydrogen-bond donors (Lipinski definition) is 1. The Balaban J connectivity index is 1.72. The molecule has 5 aromatic rings. The van der Waals surface area contributed by atoms with Crippen molar-refractivity contribution in [3.63, 3.8) is 0 Å². The fraction of sp³-hybridized carbons (Fsp3) is 0.475. The van der Waals surface area contributed by atoms with Crippen LogP contribution in [-0.2, 0) is 13.6 Å². The fourth-order valence-corrected chi connectivity index (χ4v) is 19.2. The summed E-state index contributed by atoms with van der Waals surface area (Å²) in [5.74, 6) is -1.61. The monoisotopic (exact) mass is 958 g/mol. The Morgan fingerprint density at radius 1 is 0.552 bits per heavy atom. The Morgan fingerprint density at radius 2 is 0.910 bits per heavy atom. The molecule has 0 saturated carbocycles. The molecular formula is C59H84NO4PSi2. The molecule has 0 amide bonds. The van der Waals surface area contributed by atoms with Crippen molar-refractivity contribution < 1.29 is 18.8 Å². The van der Waals surface area contributed by atoms with Crippen LogP contribution in [0.4, 0.5) is 0 Å². The minimum Gasteiger partial charge on any atom is -0.481 e. The van der Waals surface area contributed by atoms with Crippen LogP contribution in [0.25, 0.3) is 0 Å². The van der Waals surface area contributed by atoms with E-state index in [9.17, 15) is 9.90 Å². The van der Waals surface area contributed by atoms with Gasteiger partial charge in [0.15, 0.2) is 8.32 Å². The summed E-state index contributed by atoms with van der Waals surface area (Å²) in [7, 11) is -8.62. The highest BCUT2D eigenvalue weighted by Gasteiger charge is 2.52. The molecule has 362 valence electrons. The molecule has 3 atom stereocenters. The Morgan fingerprint density at radius 3 is 1.25 bits per heavy atom. The summed E-state index contributed by atoms with van der Waals surface area (Å²) in [6, 6.07) is 53.0. The van der Waals surface area contributed by atoms with Gasteiger partial charge in [0.05, 0.1) is 31.7 Å². The number of carboxylic acids is 1. The van der Waals surface area contributed by atoms with Crippen LogP contribution in [0.2, 0.25) is 23.2 Å². The van der Waals surface area contributed by atoms with E-state index in [1.165, 1.54) is 68.2 Å². The Bertz CT molecular complexity index is 2080. The summed E-state index contributed by atoms with van der Waals surface area (Å²) < 4.78 is 21.9. The minimum absolute atomic E-state index is 0.182. The van der Waals surface area contributed by atoms with Gasteiger partial charge >= 0.3 is 5.97 Å². The molecule has 1 N–H and O–H groups in total. The molecule has 5 aromatic carbocycles. The van der Waals surface area contributed by atoms with E-state index < -0.39 is 47.7 Å². The van der Waals surface area contributed by atoms with Crippen LogP contribution in [-0.4, -0.2) is 46.5 Å². The largest absolute Gasteiger partial charge is 0.481 e. The van der Waals surface area contributed by atoms with Crippen molar-refractivity contribution in [1.82, 2.24) is 0 Å². The molecule has 0 aromatic heterocycles. The van der Waals surface area contributed by atoms with Gasteiger partial charge in [0.2, 0.25) is 0 Å². The molecule has 0 saturated heterocycles. The van der Waals surface area contributed by atoms with E-state index in [2.05, 4.69) is 213 Å². The summed E-state index contributed by atoms with van der Waals surface area (Å²) in [5.41, 5.74) is 0. The Labute approximate surface area is 408 Å². The second kappa shape index (κ2) is 25.7. The van der Waals surface area contributed by atoms with E-state index in [1.54, 1.807) is 0 Å². The molecule has 0 aliphatic heterocycles. The molecule has 0 radical (unpaired) electrons. The number of carboxylic acid groups (broad SMARTS) is 1. The lowest BCUT2D eigenvalue weighted by Crippen LogP contribution is -2.67. The molecule has 0 spiro atoms.